The molecule has 0 amide bonds. The number of hydrogen-bond acceptors (Lipinski definition) is 1. The number of hydrogen-bond donors (Lipinski definition) is 1. The second kappa shape index (κ2) is 5.87. The minimum Gasteiger partial charge on any atom is -0.384 e. The monoisotopic (exact) mass is 432 g/mol. The molecular weight excluding hydrogens is 424 g/mol. The maximum absolute atomic E-state index is 10.5. The van der Waals surface area contributed by atoms with Crippen LogP contribution in [0.25, 0.3) is 0 Å². The number of rotatable bonds is 2. The molecule has 2 aromatic rings. The number of aryl methyl sites for hydroxylation is 1. The van der Waals surface area contributed by atoms with Crippen LogP contribution in [-0.4, -0.2) is 5.11 Å². The highest BCUT2D eigenvalue weighted by atomic mass is 79.9. The molecule has 0 aliphatic heterocycles. The van der Waals surface area contributed by atoms with E-state index in [0.717, 1.165) is 30.1 Å². The van der Waals surface area contributed by atoms with Crippen LogP contribution in [0.1, 0.15) is 22.8 Å². The Morgan fingerprint density at radius 2 is 1.56 bits per heavy atom. The Balaban J connectivity index is 2.50. The fourth-order valence-electron chi connectivity index (χ4n) is 1.74. The Hall–Kier alpha value is -0.160. The van der Waals surface area contributed by atoms with E-state index in [1.165, 1.54) is 0 Å². The minimum atomic E-state index is -0.660. The van der Waals surface area contributed by atoms with E-state index in [0.29, 0.717) is 0 Å². The summed E-state index contributed by atoms with van der Waals surface area (Å²) in [5, 5.41) is 10.5. The molecule has 0 saturated carbocycles. The minimum absolute atomic E-state index is 0.660. The zero-order valence-electron chi connectivity index (χ0n) is 9.62. The molecule has 0 spiro atoms. The van der Waals surface area contributed by atoms with Gasteiger partial charge in [0.2, 0.25) is 0 Å². The molecule has 1 N–H and O–H groups in total. The van der Waals surface area contributed by atoms with Gasteiger partial charge in [0.15, 0.2) is 0 Å². The molecule has 1 unspecified atom stereocenters. The van der Waals surface area contributed by atoms with Gasteiger partial charge < -0.3 is 5.11 Å². The highest BCUT2D eigenvalue weighted by molar-refractivity contribution is 9.11. The molecule has 1 nitrogen and oxygen atoms in total. The molecule has 0 aliphatic carbocycles. The number of aliphatic hydroxyl groups is 1. The zero-order chi connectivity index (χ0) is 13.3. The Labute approximate surface area is 132 Å². The lowest BCUT2D eigenvalue weighted by atomic mass is 10.0. The lowest BCUT2D eigenvalue weighted by Gasteiger charge is -2.16. The molecule has 2 aromatic carbocycles. The third-order valence-electron chi connectivity index (χ3n) is 2.77. The molecular formula is C14H11Br3O. The van der Waals surface area contributed by atoms with E-state index < -0.39 is 6.10 Å². The SMILES string of the molecule is Cc1cc(Br)c(C(O)c2ccccc2Br)cc1Br. The predicted molar refractivity (Wildman–Crippen MR) is 84.8 cm³/mol. The van der Waals surface area contributed by atoms with Gasteiger partial charge in [-0.15, -0.1) is 0 Å². The van der Waals surface area contributed by atoms with E-state index >= 15 is 0 Å². The lowest BCUT2D eigenvalue weighted by molar-refractivity contribution is 0.218. The van der Waals surface area contributed by atoms with Crippen LogP contribution in [0, 0.1) is 6.92 Å². The van der Waals surface area contributed by atoms with Crippen LogP contribution in [0.5, 0.6) is 0 Å². The first-order valence-corrected chi connectivity index (χ1v) is 7.76. The van der Waals surface area contributed by atoms with E-state index in [2.05, 4.69) is 47.8 Å². The molecule has 0 saturated heterocycles. The predicted octanol–water partition coefficient (Wildman–Crippen LogP) is 5.36. The fraction of sp³-hybridized carbons (Fsp3) is 0.143. The zero-order valence-corrected chi connectivity index (χ0v) is 14.4. The summed E-state index contributed by atoms with van der Waals surface area (Å²) in [6, 6.07) is 11.6. The van der Waals surface area contributed by atoms with Crippen molar-refractivity contribution in [2.24, 2.45) is 0 Å². The van der Waals surface area contributed by atoms with Crippen LogP contribution in [-0.2, 0) is 0 Å². The van der Waals surface area contributed by atoms with Crippen LogP contribution >= 0.6 is 47.8 Å². The first-order valence-electron chi connectivity index (χ1n) is 5.38. The van der Waals surface area contributed by atoms with Crippen LogP contribution in [0.4, 0.5) is 0 Å². The molecule has 4 heteroatoms. The van der Waals surface area contributed by atoms with Gasteiger partial charge in [-0.3, -0.25) is 0 Å². The van der Waals surface area contributed by atoms with Gasteiger partial charge in [-0.05, 0) is 36.2 Å². The molecule has 1 atom stereocenters. The molecule has 0 bridgehead atoms. The summed E-state index contributed by atoms with van der Waals surface area (Å²) in [6.07, 6.45) is -0.660. The topological polar surface area (TPSA) is 20.2 Å². The summed E-state index contributed by atoms with van der Waals surface area (Å²) in [7, 11) is 0. The van der Waals surface area contributed by atoms with Crippen LogP contribution in [0.2, 0.25) is 0 Å². The quantitative estimate of drug-likeness (QED) is 0.674. The smallest absolute Gasteiger partial charge is 0.106 e. The van der Waals surface area contributed by atoms with Crippen molar-refractivity contribution in [3.8, 4) is 0 Å². The van der Waals surface area contributed by atoms with Gasteiger partial charge in [0.05, 0.1) is 0 Å². The fourth-order valence-corrected chi connectivity index (χ4v) is 3.27. The average molecular weight is 435 g/mol. The van der Waals surface area contributed by atoms with Gasteiger partial charge in [-0.25, -0.2) is 0 Å². The lowest BCUT2D eigenvalue weighted by Crippen LogP contribution is -2.02. The molecule has 0 radical (unpaired) electrons. The molecule has 94 valence electrons. The van der Waals surface area contributed by atoms with Crippen LogP contribution in [0.15, 0.2) is 49.8 Å². The normalized spacial score (nSPS) is 12.5. The number of halogens is 3. The summed E-state index contributed by atoms with van der Waals surface area (Å²) in [4.78, 5) is 0. The second-order valence-corrected chi connectivity index (χ2v) is 6.61. The molecule has 0 aromatic heterocycles. The number of aliphatic hydroxyl groups excluding tert-OH is 1. The number of benzene rings is 2. The summed E-state index contributed by atoms with van der Waals surface area (Å²) >= 11 is 10.5. The van der Waals surface area contributed by atoms with Gasteiger partial charge >= 0.3 is 0 Å². The summed E-state index contributed by atoms with van der Waals surface area (Å²) < 4.78 is 2.80. The summed E-state index contributed by atoms with van der Waals surface area (Å²) in [6.45, 7) is 2.02. The van der Waals surface area contributed by atoms with Crippen molar-refractivity contribution >= 4 is 47.8 Å². The molecule has 2 rings (SSSR count). The Morgan fingerprint density at radius 3 is 2.22 bits per heavy atom. The van der Waals surface area contributed by atoms with Crippen LogP contribution < -0.4 is 0 Å². The Bertz CT molecular complexity index is 581. The summed E-state index contributed by atoms with van der Waals surface area (Å²) in [5.41, 5.74) is 2.83. The second-order valence-electron chi connectivity index (χ2n) is 4.05. The first-order chi connectivity index (χ1) is 8.50. The highest BCUT2D eigenvalue weighted by Crippen LogP contribution is 2.35. The van der Waals surface area contributed by atoms with Gasteiger partial charge in [-0.2, -0.15) is 0 Å². The van der Waals surface area contributed by atoms with Gasteiger partial charge in [0.1, 0.15) is 6.10 Å². The molecule has 0 fully saturated rings. The van der Waals surface area contributed by atoms with Crippen molar-refractivity contribution in [1.29, 1.82) is 0 Å². The van der Waals surface area contributed by atoms with Crippen molar-refractivity contribution in [2.75, 3.05) is 0 Å². The molecule has 0 aliphatic rings. The Morgan fingerprint density at radius 1 is 0.889 bits per heavy atom. The third kappa shape index (κ3) is 2.87. The van der Waals surface area contributed by atoms with E-state index in [4.69, 9.17) is 0 Å². The van der Waals surface area contributed by atoms with E-state index in [9.17, 15) is 5.11 Å². The first kappa shape index (κ1) is 14.3. The maximum atomic E-state index is 10.5. The van der Waals surface area contributed by atoms with Gasteiger partial charge in [0.25, 0.3) is 0 Å². The maximum Gasteiger partial charge on any atom is 0.106 e. The highest BCUT2D eigenvalue weighted by Gasteiger charge is 2.17. The van der Waals surface area contributed by atoms with Crippen molar-refractivity contribution in [1.82, 2.24) is 0 Å². The van der Waals surface area contributed by atoms with Gasteiger partial charge in [-0.1, -0.05) is 66.0 Å². The largest absolute Gasteiger partial charge is 0.384 e. The van der Waals surface area contributed by atoms with Crippen LogP contribution in [0.3, 0.4) is 0 Å². The summed E-state index contributed by atoms with van der Waals surface area (Å²) in [5.74, 6) is 0. The standard InChI is InChI=1S/C14H11Br3O/c1-8-6-13(17)10(7-12(8)16)14(18)9-4-2-3-5-11(9)15/h2-7,14,18H,1H3. The Kier molecular flexibility index (Phi) is 4.64. The third-order valence-corrected chi connectivity index (χ3v) is 5.04. The van der Waals surface area contributed by atoms with E-state index in [1.54, 1.807) is 0 Å². The van der Waals surface area contributed by atoms with E-state index in [-0.39, 0.29) is 0 Å². The van der Waals surface area contributed by atoms with Crippen molar-refractivity contribution < 1.29 is 5.11 Å². The van der Waals surface area contributed by atoms with Crippen molar-refractivity contribution in [3.05, 3.63) is 66.5 Å². The van der Waals surface area contributed by atoms with E-state index in [1.807, 2.05) is 43.3 Å². The van der Waals surface area contributed by atoms with Crippen molar-refractivity contribution in [2.45, 2.75) is 13.0 Å². The molecule has 18 heavy (non-hydrogen) atoms. The van der Waals surface area contributed by atoms with Gasteiger partial charge in [0, 0.05) is 19.0 Å². The molecule has 0 heterocycles. The van der Waals surface area contributed by atoms with Crippen molar-refractivity contribution in [3.63, 3.8) is 0 Å². The average Bonchev–Trinajstić information content (AvgIpc) is 2.33.